The van der Waals surface area contributed by atoms with Crippen LogP contribution >= 0.6 is 0 Å². The summed E-state index contributed by atoms with van der Waals surface area (Å²) in [4.78, 5) is 38.0. The van der Waals surface area contributed by atoms with E-state index < -0.39 is 6.10 Å². The third-order valence-corrected chi connectivity index (χ3v) is 13.4. The lowest BCUT2D eigenvalue weighted by atomic mass is 10.0. The molecule has 0 saturated heterocycles. The molecule has 0 fully saturated rings. The highest BCUT2D eigenvalue weighted by Gasteiger charge is 2.19. The minimum Gasteiger partial charge on any atom is -0.462 e. The maximum Gasteiger partial charge on any atom is 0.306 e. The Morgan fingerprint density at radius 3 is 0.625 bits per heavy atom. The zero-order valence-corrected chi connectivity index (χ0v) is 43.6. The largest absolute Gasteiger partial charge is 0.462 e. The maximum atomic E-state index is 12.8. The van der Waals surface area contributed by atoms with Crippen LogP contribution in [0, 0.1) is 0 Å². The highest BCUT2D eigenvalue weighted by Crippen LogP contribution is 2.18. The SMILES string of the molecule is CCCCCCCCCCCCCCCCCCCCCC(=O)OC[C@@H](COC(=O)CCCCCCCCCCC)OC(=O)CCCCCCCCCCCCCCCCCCCC. The first-order chi connectivity index (χ1) is 31.5. The molecule has 0 aromatic rings. The summed E-state index contributed by atoms with van der Waals surface area (Å²) in [5, 5.41) is 0. The van der Waals surface area contributed by atoms with Crippen LogP contribution in [0.1, 0.15) is 335 Å². The van der Waals surface area contributed by atoms with E-state index in [2.05, 4.69) is 20.8 Å². The van der Waals surface area contributed by atoms with Crippen molar-refractivity contribution >= 4 is 17.9 Å². The molecule has 0 aliphatic rings. The number of ether oxygens (including phenoxy) is 3. The van der Waals surface area contributed by atoms with Crippen LogP contribution in [0.15, 0.2) is 0 Å². The van der Waals surface area contributed by atoms with Gasteiger partial charge in [0.1, 0.15) is 13.2 Å². The smallest absolute Gasteiger partial charge is 0.306 e. The van der Waals surface area contributed by atoms with Gasteiger partial charge in [0.15, 0.2) is 6.10 Å². The predicted molar refractivity (Wildman–Crippen MR) is 275 cm³/mol. The summed E-state index contributed by atoms with van der Waals surface area (Å²) < 4.78 is 16.8. The Morgan fingerprint density at radius 1 is 0.250 bits per heavy atom. The van der Waals surface area contributed by atoms with Gasteiger partial charge in [-0.3, -0.25) is 14.4 Å². The number of hydrogen-bond donors (Lipinski definition) is 0. The topological polar surface area (TPSA) is 78.9 Å². The summed E-state index contributed by atoms with van der Waals surface area (Å²) in [6.45, 7) is 6.69. The van der Waals surface area contributed by atoms with Gasteiger partial charge in [0, 0.05) is 19.3 Å². The van der Waals surface area contributed by atoms with E-state index >= 15 is 0 Å². The molecule has 1 atom stereocenters. The van der Waals surface area contributed by atoms with E-state index in [4.69, 9.17) is 14.2 Å². The van der Waals surface area contributed by atoms with Gasteiger partial charge in [-0.05, 0) is 19.3 Å². The van der Waals surface area contributed by atoms with E-state index in [-0.39, 0.29) is 31.1 Å². The predicted octanol–water partition coefficient (Wildman–Crippen LogP) is 19.2. The fourth-order valence-electron chi connectivity index (χ4n) is 8.98. The van der Waals surface area contributed by atoms with Gasteiger partial charge >= 0.3 is 17.9 Å². The number of unbranched alkanes of at least 4 members (excludes halogenated alkanes) is 43. The highest BCUT2D eigenvalue weighted by molar-refractivity contribution is 5.71. The minimum absolute atomic E-state index is 0.0614. The molecule has 0 aliphatic carbocycles. The number of esters is 3. The average molecular weight is 906 g/mol. The summed E-state index contributed by atoms with van der Waals surface area (Å²) >= 11 is 0. The van der Waals surface area contributed by atoms with Gasteiger partial charge in [-0.15, -0.1) is 0 Å². The van der Waals surface area contributed by atoms with Crippen molar-refractivity contribution in [3.63, 3.8) is 0 Å². The van der Waals surface area contributed by atoms with Crippen molar-refractivity contribution in [2.45, 2.75) is 341 Å². The van der Waals surface area contributed by atoms with Gasteiger partial charge < -0.3 is 14.2 Å². The van der Waals surface area contributed by atoms with Crippen molar-refractivity contribution < 1.29 is 28.6 Å². The van der Waals surface area contributed by atoms with Crippen molar-refractivity contribution in [1.82, 2.24) is 0 Å². The molecule has 0 unspecified atom stereocenters. The molecular formula is C58H112O6. The first kappa shape index (κ1) is 62.4. The number of rotatable bonds is 54. The molecule has 6 heteroatoms. The van der Waals surface area contributed by atoms with E-state index in [1.807, 2.05) is 0 Å². The van der Waals surface area contributed by atoms with Gasteiger partial charge in [-0.1, -0.05) is 297 Å². The lowest BCUT2D eigenvalue weighted by Crippen LogP contribution is -2.30. The maximum absolute atomic E-state index is 12.8. The first-order valence-corrected chi connectivity index (χ1v) is 29.0. The van der Waals surface area contributed by atoms with Crippen LogP contribution in [0.2, 0.25) is 0 Å². The van der Waals surface area contributed by atoms with Crippen LogP contribution in [-0.2, 0) is 28.6 Å². The van der Waals surface area contributed by atoms with Gasteiger partial charge in [-0.25, -0.2) is 0 Å². The Kier molecular flexibility index (Phi) is 52.7. The van der Waals surface area contributed by atoms with Crippen LogP contribution in [0.25, 0.3) is 0 Å². The zero-order chi connectivity index (χ0) is 46.5. The Hall–Kier alpha value is -1.59. The molecule has 0 aromatic carbocycles. The summed E-state index contributed by atoms with van der Waals surface area (Å²) in [6.07, 6.45) is 59.6. The van der Waals surface area contributed by atoms with Crippen molar-refractivity contribution in [1.29, 1.82) is 0 Å². The molecule has 0 aromatic heterocycles. The molecule has 0 rings (SSSR count). The van der Waals surface area contributed by atoms with E-state index in [9.17, 15) is 14.4 Å². The Balaban J connectivity index is 4.19. The molecule has 0 bridgehead atoms. The van der Waals surface area contributed by atoms with Crippen molar-refractivity contribution in [2.75, 3.05) is 13.2 Å². The van der Waals surface area contributed by atoms with Crippen LogP contribution in [0.3, 0.4) is 0 Å². The molecular weight excluding hydrogens is 793 g/mol. The monoisotopic (exact) mass is 905 g/mol. The molecule has 64 heavy (non-hydrogen) atoms. The molecule has 0 amide bonds. The number of carbonyl (C=O) groups excluding carboxylic acids is 3. The molecule has 0 saturated carbocycles. The summed E-state index contributed by atoms with van der Waals surface area (Å²) in [5.41, 5.74) is 0. The lowest BCUT2D eigenvalue weighted by Gasteiger charge is -2.18. The summed E-state index contributed by atoms with van der Waals surface area (Å²) in [7, 11) is 0. The second-order valence-electron chi connectivity index (χ2n) is 19.9. The van der Waals surface area contributed by atoms with Gasteiger partial charge in [0.2, 0.25) is 0 Å². The standard InChI is InChI=1S/C58H112O6/c1-4-7-10-13-16-19-21-23-25-27-29-31-32-34-36-39-42-45-48-51-57(60)63-54-55(53-62-56(59)50-47-44-41-38-18-15-12-9-6-3)64-58(61)52-49-46-43-40-37-35-33-30-28-26-24-22-20-17-14-11-8-5-2/h55H,4-54H2,1-3H3/t55-/m1/s1. The molecule has 6 nitrogen and oxygen atoms in total. The molecule has 0 heterocycles. The second kappa shape index (κ2) is 54.0. The molecule has 380 valence electrons. The summed E-state index contributed by atoms with van der Waals surface area (Å²) in [5.74, 6) is -0.836. The van der Waals surface area contributed by atoms with Gasteiger partial charge in [0.05, 0.1) is 0 Å². The normalized spacial score (nSPS) is 11.9. The van der Waals surface area contributed by atoms with Crippen molar-refractivity contribution in [3.05, 3.63) is 0 Å². The van der Waals surface area contributed by atoms with Crippen molar-refractivity contribution in [3.8, 4) is 0 Å². The Labute approximate surface area is 399 Å². The first-order valence-electron chi connectivity index (χ1n) is 29.0. The average Bonchev–Trinajstić information content (AvgIpc) is 3.29. The molecule has 0 spiro atoms. The quantitative estimate of drug-likeness (QED) is 0.0344. The minimum atomic E-state index is -0.760. The Bertz CT molecular complexity index is 951. The number of carbonyl (C=O) groups is 3. The van der Waals surface area contributed by atoms with Crippen molar-refractivity contribution in [2.24, 2.45) is 0 Å². The fourth-order valence-corrected chi connectivity index (χ4v) is 8.98. The molecule has 0 aliphatic heterocycles. The van der Waals surface area contributed by atoms with Gasteiger partial charge in [0.25, 0.3) is 0 Å². The zero-order valence-electron chi connectivity index (χ0n) is 43.6. The highest BCUT2D eigenvalue weighted by atomic mass is 16.6. The molecule has 0 radical (unpaired) electrons. The summed E-state index contributed by atoms with van der Waals surface area (Å²) in [6, 6.07) is 0. The number of hydrogen-bond acceptors (Lipinski definition) is 6. The van der Waals surface area contributed by atoms with Crippen LogP contribution in [0.4, 0.5) is 0 Å². The third-order valence-electron chi connectivity index (χ3n) is 13.4. The third kappa shape index (κ3) is 51.4. The van der Waals surface area contributed by atoms with Crippen LogP contribution < -0.4 is 0 Å². The Morgan fingerprint density at radius 2 is 0.422 bits per heavy atom. The lowest BCUT2D eigenvalue weighted by molar-refractivity contribution is -0.167. The van der Waals surface area contributed by atoms with E-state index in [1.165, 1.54) is 238 Å². The van der Waals surface area contributed by atoms with E-state index in [0.29, 0.717) is 19.3 Å². The fraction of sp³-hybridized carbons (Fsp3) is 0.948. The van der Waals surface area contributed by atoms with Gasteiger partial charge in [-0.2, -0.15) is 0 Å². The van der Waals surface area contributed by atoms with Crippen LogP contribution in [-0.4, -0.2) is 37.2 Å². The molecule has 0 N–H and O–H groups in total. The second-order valence-corrected chi connectivity index (χ2v) is 19.9. The van der Waals surface area contributed by atoms with E-state index in [1.54, 1.807) is 0 Å². The van der Waals surface area contributed by atoms with E-state index in [0.717, 1.165) is 57.8 Å². The van der Waals surface area contributed by atoms with Crippen LogP contribution in [0.5, 0.6) is 0 Å².